The van der Waals surface area contributed by atoms with Crippen LogP contribution in [0.25, 0.3) is 10.9 Å². The molecule has 0 amide bonds. The van der Waals surface area contributed by atoms with Gasteiger partial charge in [0.1, 0.15) is 22.0 Å². The number of para-hydroxylation sites is 1. The number of rotatable bonds is 5. The van der Waals surface area contributed by atoms with Crippen LogP contribution >= 0.6 is 11.6 Å². The van der Waals surface area contributed by atoms with E-state index in [0.717, 1.165) is 47.4 Å². The monoisotopic (exact) mass is 407 g/mol. The van der Waals surface area contributed by atoms with Gasteiger partial charge in [0.05, 0.1) is 26.0 Å². The number of nitrogens with one attached hydrogen (secondary N) is 2. The maximum Gasteiger partial charge on any atom is 0.150 e. The van der Waals surface area contributed by atoms with Crippen molar-refractivity contribution in [2.45, 2.75) is 22.6 Å². The van der Waals surface area contributed by atoms with Crippen LogP contribution in [0.5, 0.6) is 0 Å². The molecule has 2 unspecified atom stereocenters. The summed E-state index contributed by atoms with van der Waals surface area (Å²) in [4.78, 5) is 4.46. The first kappa shape index (κ1) is 17.7. The van der Waals surface area contributed by atoms with Crippen molar-refractivity contribution in [3.05, 3.63) is 53.7 Å². The minimum absolute atomic E-state index is 0.627. The lowest BCUT2D eigenvalue weighted by atomic mass is 10.2. The number of anilines is 1. The van der Waals surface area contributed by atoms with Gasteiger partial charge in [-0.1, -0.05) is 23.7 Å². The zero-order chi connectivity index (χ0) is 18.1. The predicted octanol–water partition coefficient (Wildman–Crippen LogP) is 4.07. The molecule has 1 aromatic heterocycles. The van der Waals surface area contributed by atoms with Crippen molar-refractivity contribution in [3.8, 4) is 0 Å². The summed E-state index contributed by atoms with van der Waals surface area (Å²) in [6, 6.07) is 12.7. The van der Waals surface area contributed by atoms with E-state index in [0.29, 0.717) is 9.92 Å². The van der Waals surface area contributed by atoms with Gasteiger partial charge in [0.25, 0.3) is 0 Å². The number of halogens is 1. The van der Waals surface area contributed by atoms with Gasteiger partial charge < -0.3 is 4.98 Å². The Balaban J connectivity index is 1.52. The van der Waals surface area contributed by atoms with Crippen molar-refractivity contribution in [2.24, 2.45) is 0 Å². The molecule has 1 fully saturated rings. The molecular formula is C18H18ClN3O2S2. The second-order valence-corrected chi connectivity index (χ2v) is 9.20. The van der Waals surface area contributed by atoms with E-state index in [1.807, 2.05) is 22.5 Å². The molecule has 0 saturated carbocycles. The van der Waals surface area contributed by atoms with E-state index >= 15 is 0 Å². The smallest absolute Gasteiger partial charge is 0.150 e. The average molecular weight is 408 g/mol. The molecule has 5 nitrogen and oxygen atoms in total. The highest BCUT2D eigenvalue weighted by molar-refractivity contribution is 7.86. The fourth-order valence-corrected chi connectivity index (χ4v) is 5.39. The number of hydrogen-bond donors (Lipinski definition) is 2. The summed E-state index contributed by atoms with van der Waals surface area (Å²) in [5, 5.41) is 1.51. The molecule has 2 heterocycles. The second kappa shape index (κ2) is 7.52. The minimum atomic E-state index is -1.43. The van der Waals surface area contributed by atoms with Crippen LogP contribution in [-0.4, -0.2) is 30.8 Å². The Bertz CT molecular complexity index is 982. The maximum absolute atomic E-state index is 12.7. The SMILES string of the molecule is O=S(Nc1cccc2c(Cl)c[nH]c12)c1ccc(S(=O)N2CCCC2)cc1. The van der Waals surface area contributed by atoms with Crippen molar-refractivity contribution in [3.63, 3.8) is 0 Å². The van der Waals surface area contributed by atoms with E-state index in [9.17, 15) is 8.42 Å². The van der Waals surface area contributed by atoms with E-state index in [2.05, 4.69) is 9.71 Å². The lowest BCUT2D eigenvalue weighted by Gasteiger charge is -2.14. The second-order valence-electron chi connectivity index (χ2n) is 6.09. The molecular weight excluding hydrogens is 390 g/mol. The first-order chi connectivity index (χ1) is 12.6. The quantitative estimate of drug-likeness (QED) is 0.669. The highest BCUT2D eigenvalue weighted by Gasteiger charge is 2.19. The number of H-pyrrole nitrogens is 1. The Kier molecular flexibility index (Phi) is 5.13. The van der Waals surface area contributed by atoms with E-state index in [4.69, 9.17) is 11.6 Å². The van der Waals surface area contributed by atoms with Crippen LogP contribution in [0.4, 0.5) is 5.69 Å². The Morgan fingerprint density at radius 1 is 1.00 bits per heavy atom. The van der Waals surface area contributed by atoms with Gasteiger partial charge in [-0.25, -0.2) is 12.7 Å². The molecule has 26 heavy (non-hydrogen) atoms. The van der Waals surface area contributed by atoms with Crippen LogP contribution in [0.15, 0.2) is 58.5 Å². The Hall–Kier alpha value is -1.67. The third kappa shape index (κ3) is 3.44. The van der Waals surface area contributed by atoms with Crippen molar-refractivity contribution >= 4 is 50.2 Å². The summed E-state index contributed by atoms with van der Waals surface area (Å²) < 4.78 is 30.2. The molecule has 2 N–H and O–H groups in total. The van der Waals surface area contributed by atoms with Gasteiger partial charge in [-0.05, 0) is 43.2 Å². The summed E-state index contributed by atoms with van der Waals surface area (Å²) in [7, 11) is -2.57. The van der Waals surface area contributed by atoms with E-state index in [1.54, 1.807) is 30.5 Å². The standard InChI is InChI=1S/C18H18ClN3O2S2/c19-16-12-20-18-15(16)4-3-5-17(18)21-25(23)13-6-8-14(9-7-13)26(24)22-10-1-2-11-22/h3-9,12,20-21H,1-2,10-11H2. The molecule has 2 aromatic carbocycles. The molecule has 8 heteroatoms. The van der Waals surface area contributed by atoms with Crippen LogP contribution in [0.2, 0.25) is 5.02 Å². The number of fused-ring (bicyclic) bond motifs is 1. The van der Waals surface area contributed by atoms with Crippen molar-refractivity contribution in [1.29, 1.82) is 0 Å². The highest BCUT2D eigenvalue weighted by Crippen LogP contribution is 2.29. The topological polar surface area (TPSA) is 65.2 Å². The van der Waals surface area contributed by atoms with Crippen LogP contribution in [0.3, 0.4) is 0 Å². The maximum atomic E-state index is 12.7. The number of benzene rings is 2. The minimum Gasteiger partial charge on any atom is -0.358 e. The molecule has 0 radical (unpaired) electrons. The number of aromatic amines is 1. The summed E-state index contributed by atoms with van der Waals surface area (Å²) >= 11 is 6.13. The van der Waals surface area contributed by atoms with E-state index in [-0.39, 0.29) is 0 Å². The number of hydrogen-bond acceptors (Lipinski definition) is 2. The fourth-order valence-electron chi connectivity index (χ4n) is 3.05. The zero-order valence-corrected chi connectivity index (χ0v) is 16.3. The summed E-state index contributed by atoms with van der Waals surface area (Å²) in [5.41, 5.74) is 1.54. The average Bonchev–Trinajstić information content (AvgIpc) is 3.32. The number of nitrogens with zero attached hydrogens (tertiary/aromatic N) is 1. The van der Waals surface area contributed by atoms with E-state index in [1.165, 1.54) is 0 Å². The van der Waals surface area contributed by atoms with Crippen LogP contribution in [0.1, 0.15) is 12.8 Å². The van der Waals surface area contributed by atoms with Crippen LogP contribution in [0, 0.1) is 0 Å². The first-order valence-corrected chi connectivity index (χ1v) is 11.0. The molecule has 0 aliphatic carbocycles. The highest BCUT2D eigenvalue weighted by atomic mass is 35.5. The molecule has 0 spiro atoms. The Morgan fingerprint density at radius 3 is 2.42 bits per heavy atom. The van der Waals surface area contributed by atoms with Gasteiger partial charge in [0, 0.05) is 24.7 Å². The summed E-state index contributed by atoms with van der Waals surface area (Å²) in [6.07, 6.45) is 3.89. The third-order valence-corrected chi connectivity index (χ3v) is 7.33. The lowest BCUT2D eigenvalue weighted by molar-refractivity contribution is 0.536. The molecule has 0 bridgehead atoms. The van der Waals surface area contributed by atoms with Crippen molar-refractivity contribution in [1.82, 2.24) is 9.29 Å². The molecule has 136 valence electrons. The summed E-state index contributed by atoms with van der Waals surface area (Å²) in [5.74, 6) is 0. The normalized spacial score (nSPS) is 17.4. The number of aromatic nitrogens is 1. The van der Waals surface area contributed by atoms with Gasteiger partial charge in [-0.3, -0.25) is 4.72 Å². The van der Waals surface area contributed by atoms with Crippen molar-refractivity contribution < 1.29 is 8.42 Å². The molecule has 1 saturated heterocycles. The lowest BCUT2D eigenvalue weighted by Crippen LogP contribution is -2.22. The molecule has 1 aliphatic heterocycles. The fraction of sp³-hybridized carbons (Fsp3) is 0.222. The van der Waals surface area contributed by atoms with Gasteiger partial charge in [-0.2, -0.15) is 0 Å². The van der Waals surface area contributed by atoms with Crippen LogP contribution in [-0.2, 0) is 22.0 Å². The molecule has 2 atom stereocenters. The molecule has 3 aromatic rings. The molecule has 4 rings (SSSR count). The largest absolute Gasteiger partial charge is 0.358 e. The van der Waals surface area contributed by atoms with Gasteiger partial charge in [0.15, 0.2) is 0 Å². The van der Waals surface area contributed by atoms with Gasteiger partial charge >= 0.3 is 0 Å². The van der Waals surface area contributed by atoms with E-state index < -0.39 is 22.0 Å². The van der Waals surface area contributed by atoms with Crippen molar-refractivity contribution in [2.75, 3.05) is 17.8 Å². The zero-order valence-electron chi connectivity index (χ0n) is 13.9. The predicted molar refractivity (Wildman–Crippen MR) is 107 cm³/mol. The third-order valence-electron chi connectivity index (χ3n) is 4.41. The Morgan fingerprint density at radius 2 is 1.69 bits per heavy atom. The van der Waals surface area contributed by atoms with Gasteiger partial charge in [0.2, 0.25) is 0 Å². The summed E-state index contributed by atoms with van der Waals surface area (Å²) in [6.45, 7) is 1.73. The Labute approximate surface area is 161 Å². The van der Waals surface area contributed by atoms with Gasteiger partial charge in [-0.15, -0.1) is 0 Å². The first-order valence-electron chi connectivity index (χ1n) is 8.34. The molecule has 1 aliphatic rings. The van der Waals surface area contributed by atoms with Crippen LogP contribution < -0.4 is 4.72 Å².